The van der Waals surface area contributed by atoms with E-state index in [4.69, 9.17) is 0 Å². The van der Waals surface area contributed by atoms with Gasteiger partial charge in [-0.25, -0.2) is 0 Å². The van der Waals surface area contributed by atoms with E-state index in [1.807, 2.05) is 0 Å². The Labute approximate surface area is 123 Å². The Bertz CT molecular complexity index is 349. The SMILES string of the molecule is OCC1(CNC2CC3CC2C2CCCC32)CCCCC1. The van der Waals surface area contributed by atoms with Gasteiger partial charge in [-0.2, -0.15) is 0 Å². The van der Waals surface area contributed by atoms with E-state index in [9.17, 15) is 5.11 Å². The lowest BCUT2D eigenvalue weighted by Gasteiger charge is -2.39. The molecule has 20 heavy (non-hydrogen) atoms. The molecule has 4 rings (SSSR count). The van der Waals surface area contributed by atoms with Crippen LogP contribution >= 0.6 is 0 Å². The van der Waals surface area contributed by atoms with Crippen molar-refractivity contribution in [3.63, 3.8) is 0 Å². The van der Waals surface area contributed by atoms with Crippen LogP contribution in [-0.2, 0) is 0 Å². The lowest BCUT2D eigenvalue weighted by atomic mass is 9.73. The highest BCUT2D eigenvalue weighted by Gasteiger charge is 2.53. The van der Waals surface area contributed by atoms with E-state index in [0.29, 0.717) is 6.61 Å². The van der Waals surface area contributed by atoms with Crippen molar-refractivity contribution in [2.45, 2.75) is 70.3 Å². The molecule has 0 amide bonds. The van der Waals surface area contributed by atoms with Gasteiger partial charge < -0.3 is 10.4 Å². The molecular formula is C18H31NO. The molecule has 4 fully saturated rings. The monoisotopic (exact) mass is 277 g/mol. The number of hydrogen-bond donors (Lipinski definition) is 2. The fraction of sp³-hybridized carbons (Fsp3) is 1.00. The number of hydrogen-bond acceptors (Lipinski definition) is 2. The highest BCUT2D eigenvalue weighted by atomic mass is 16.3. The Hall–Kier alpha value is -0.0800. The lowest BCUT2D eigenvalue weighted by molar-refractivity contribution is 0.0721. The summed E-state index contributed by atoms with van der Waals surface area (Å²) in [6.07, 6.45) is 14.0. The second-order valence-electron chi connectivity index (χ2n) is 8.36. The van der Waals surface area contributed by atoms with Gasteiger partial charge in [0.1, 0.15) is 0 Å². The average Bonchev–Trinajstić information content (AvgIpc) is 3.18. The van der Waals surface area contributed by atoms with Crippen molar-refractivity contribution in [2.75, 3.05) is 13.2 Å². The summed E-state index contributed by atoms with van der Waals surface area (Å²) in [7, 11) is 0. The van der Waals surface area contributed by atoms with E-state index >= 15 is 0 Å². The summed E-state index contributed by atoms with van der Waals surface area (Å²) in [6, 6.07) is 0.782. The summed E-state index contributed by atoms with van der Waals surface area (Å²) in [6.45, 7) is 1.47. The van der Waals surface area contributed by atoms with Crippen molar-refractivity contribution in [3.8, 4) is 0 Å². The predicted octanol–water partition coefficient (Wildman–Crippen LogP) is 3.34. The zero-order valence-electron chi connectivity index (χ0n) is 12.8. The van der Waals surface area contributed by atoms with Gasteiger partial charge in [0.2, 0.25) is 0 Å². The molecule has 5 unspecified atom stereocenters. The van der Waals surface area contributed by atoms with E-state index in [1.165, 1.54) is 64.2 Å². The maximum absolute atomic E-state index is 9.86. The van der Waals surface area contributed by atoms with Crippen molar-refractivity contribution >= 4 is 0 Å². The zero-order valence-corrected chi connectivity index (χ0v) is 12.8. The Kier molecular flexibility index (Phi) is 3.58. The van der Waals surface area contributed by atoms with Gasteiger partial charge in [0.15, 0.2) is 0 Å². The molecular weight excluding hydrogens is 246 g/mol. The molecule has 2 N–H and O–H groups in total. The molecule has 4 aliphatic rings. The van der Waals surface area contributed by atoms with Gasteiger partial charge in [-0.05, 0) is 62.2 Å². The minimum absolute atomic E-state index is 0.217. The van der Waals surface area contributed by atoms with Crippen LogP contribution in [0.1, 0.15) is 64.2 Å². The Morgan fingerprint density at radius 2 is 1.70 bits per heavy atom. The lowest BCUT2D eigenvalue weighted by Crippen LogP contribution is -2.46. The van der Waals surface area contributed by atoms with Crippen molar-refractivity contribution < 1.29 is 5.11 Å². The molecule has 0 spiro atoms. The van der Waals surface area contributed by atoms with Gasteiger partial charge in [0.05, 0.1) is 0 Å². The van der Waals surface area contributed by atoms with Crippen LogP contribution in [0, 0.1) is 29.1 Å². The largest absolute Gasteiger partial charge is 0.396 e. The predicted molar refractivity (Wildman–Crippen MR) is 81.4 cm³/mol. The van der Waals surface area contributed by atoms with Crippen LogP contribution in [0.3, 0.4) is 0 Å². The molecule has 2 nitrogen and oxygen atoms in total. The molecule has 0 aromatic heterocycles. The number of aliphatic hydroxyl groups excluding tert-OH is 1. The molecule has 114 valence electrons. The Balaban J connectivity index is 1.36. The van der Waals surface area contributed by atoms with Crippen LogP contribution < -0.4 is 5.32 Å². The molecule has 0 aromatic rings. The maximum atomic E-state index is 9.86. The summed E-state index contributed by atoms with van der Waals surface area (Å²) >= 11 is 0. The number of fused-ring (bicyclic) bond motifs is 5. The van der Waals surface area contributed by atoms with Gasteiger partial charge in [-0.1, -0.05) is 25.7 Å². The number of aliphatic hydroxyl groups is 1. The fourth-order valence-electron chi connectivity index (χ4n) is 6.34. The standard InChI is InChI=1S/C18H31NO/c20-12-18(7-2-1-3-8-18)11-19-17-10-13-9-16(17)15-6-4-5-14(13)15/h13-17,19-20H,1-12H2. The van der Waals surface area contributed by atoms with Crippen molar-refractivity contribution in [3.05, 3.63) is 0 Å². The molecule has 4 saturated carbocycles. The van der Waals surface area contributed by atoms with Crippen molar-refractivity contribution in [1.29, 1.82) is 0 Å². The van der Waals surface area contributed by atoms with Gasteiger partial charge >= 0.3 is 0 Å². The summed E-state index contributed by atoms with van der Waals surface area (Å²) < 4.78 is 0. The van der Waals surface area contributed by atoms with Gasteiger partial charge in [0.25, 0.3) is 0 Å². The highest BCUT2D eigenvalue weighted by Crippen LogP contribution is 2.58. The third-order valence-electron chi connectivity index (χ3n) is 7.42. The smallest absolute Gasteiger partial charge is 0.0499 e. The first-order valence-corrected chi connectivity index (χ1v) is 9.16. The molecule has 5 atom stereocenters. The van der Waals surface area contributed by atoms with E-state index in [0.717, 1.165) is 36.3 Å². The normalized spacial score (nSPS) is 45.8. The quantitative estimate of drug-likeness (QED) is 0.826. The van der Waals surface area contributed by atoms with Gasteiger partial charge in [-0.3, -0.25) is 0 Å². The summed E-state index contributed by atoms with van der Waals surface area (Å²) in [4.78, 5) is 0. The summed E-state index contributed by atoms with van der Waals surface area (Å²) in [5, 5.41) is 13.8. The van der Waals surface area contributed by atoms with Crippen LogP contribution in [0.15, 0.2) is 0 Å². The molecule has 2 heteroatoms. The van der Waals surface area contributed by atoms with Gasteiger partial charge in [-0.15, -0.1) is 0 Å². The van der Waals surface area contributed by atoms with Crippen molar-refractivity contribution in [2.24, 2.45) is 29.1 Å². The van der Waals surface area contributed by atoms with E-state index in [2.05, 4.69) is 5.32 Å². The first-order chi connectivity index (χ1) is 9.81. The molecule has 0 heterocycles. The third kappa shape index (κ3) is 2.14. The third-order valence-corrected chi connectivity index (χ3v) is 7.42. The first-order valence-electron chi connectivity index (χ1n) is 9.16. The van der Waals surface area contributed by atoms with Crippen LogP contribution in [0.4, 0.5) is 0 Å². The second-order valence-corrected chi connectivity index (χ2v) is 8.36. The summed E-state index contributed by atoms with van der Waals surface area (Å²) in [5.74, 6) is 4.18. The van der Waals surface area contributed by atoms with Gasteiger partial charge in [0, 0.05) is 24.6 Å². The van der Waals surface area contributed by atoms with Crippen molar-refractivity contribution in [1.82, 2.24) is 5.32 Å². The first kappa shape index (κ1) is 13.6. The average molecular weight is 277 g/mol. The van der Waals surface area contributed by atoms with Crippen LogP contribution in [0.5, 0.6) is 0 Å². The molecule has 0 aliphatic heterocycles. The Morgan fingerprint density at radius 1 is 0.900 bits per heavy atom. The zero-order chi connectivity index (χ0) is 13.6. The maximum Gasteiger partial charge on any atom is 0.0499 e. The molecule has 0 saturated heterocycles. The minimum Gasteiger partial charge on any atom is -0.396 e. The minimum atomic E-state index is 0.217. The fourth-order valence-corrected chi connectivity index (χ4v) is 6.34. The van der Waals surface area contributed by atoms with Crippen LogP contribution in [0.2, 0.25) is 0 Å². The van der Waals surface area contributed by atoms with E-state index in [-0.39, 0.29) is 5.41 Å². The molecule has 0 aromatic carbocycles. The highest BCUT2D eigenvalue weighted by molar-refractivity contribution is 5.06. The number of rotatable bonds is 4. The number of nitrogens with one attached hydrogen (secondary N) is 1. The van der Waals surface area contributed by atoms with Crippen LogP contribution in [-0.4, -0.2) is 24.3 Å². The topological polar surface area (TPSA) is 32.3 Å². The van der Waals surface area contributed by atoms with E-state index in [1.54, 1.807) is 0 Å². The Morgan fingerprint density at radius 3 is 2.50 bits per heavy atom. The molecule has 0 radical (unpaired) electrons. The van der Waals surface area contributed by atoms with E-state index < -0.39 is 0 Å². The summed E-state index contributed by atoms with van der Waals surface area (Å²) in [5.41, 5.74) is 0.217. The molecule has 2 bridgehead atoms. The van der Waals surface area contributed by atoms with Crippen LogP contribution in [0.25, 0.3) is 0 Å². The molecule has 4 aliphatic carbocycles. The second kappa shape index (κ2) is 5.28.